The molecule has 1 fully saturated rings. The molecule has 0 amide bonds. The molecule has 4 aromatic rings. The second-order valence-electron chi connectivity index (χ2n) is 9.62. The first-order chi connectivity index (χ1) is 18.1. The van der Waals surface area contributed by atoms with Gasteiger partial charge in [-0.3, -0.25) is 14.3 Å². The van der Waals surface area contributed by atoms with E-state index in [9.17, 15) is 10.1 Å². The molecular weight excluding hydrogens is 462 g/mol. The van der Waals surface area contributed by atoms with Crippen LogP contribution in [0.2, 0.25) is 0 Å². The molecule has 0 radical (unpaired) electrons. The fourth-order valence-electron chi connectivity index (χ4n) is 5.14. The van der Waals surface area contributed by atoms with E-state index in [1.54, 1.807) is 23.9 Å². The third kappa shape index (κ3) is 5.71. The smallest absolute Gasteiger partial charge is 0.258 e. The van der Waals surface area contributed by atoms with Gasteiger partial charge in [-0.05, 0) is 79.9 Å². The lowest BCUT2D eigenvalue weighted by Gasteiger charge is -2.36. The zero-order valence-corrected chi connectivity index (χ0v) is 21.3. The van der Waals surface area contributed by atoms with Gasteiger partial charge in [-0.25, -0.2) is 0 Å². The third-order valence-electron chi connectivity index (χ3n) is 7.31. The van der Waals surface area contributed by atoms with Crippen molar-refractivity contribution in [2.45, 2.75) is 25.7 Å². The summed E-state index contributed by atoms with van der Waals surface area (Å²) in [5, 5.41) is 10.4. The number of piperazine rings is 1. The molecule has 0 spiro atoms. The van der Waals surface area contributed by atoms with Gasteiger partial charge in [0.1, 0.15) is 5.75 Å². The number of pyridine rings is 1. The molecule has 2 aromatic carbocycles. The third-order valence-corrected chi connectivity index (χ3v) is 7.31. The molecule has 0 saturated carbocycles. The largest absolute Gasteiger partial charge is 0.497 e. The fraction of sp³-hybridized carbons (Fsp3) is 0.333. The van der Waals surface area contributed by atoms with E-state index in [1.807, 2.05) is 30.3 Å². The Morgan fingerprint density at radius 1 is 0.946 bits per heavy atom. The maximum Gasteiger partial charge on any atom is 0.258 e. The summed E-state index contributed by atoms with van der Waals surface area (Å²) in [7, 11) is 1.56. The van der Waals surface area contributed by atoms with Gasteiger partial charge < -0.3 is 14.6 Å². The highest BCUT2D eigenvalue weighted by molar-refractivity contribution is 5.84. The highest BCUT2D eigenvalue weighted by Crippen LogP contribution is 2.22. The number of aryl methyl sites for hydroxylation is 1. The number of unbranched alkanes of at least 4 members (excludes halogenated alkanes) is 2. The van der Waals surface area contributed by atoms with Gasteiger partial charge in [0.15, 0.2) is 0 Å². The first kappa shape index (κ1) is 24.7. The van der Waals surface area contributed by atoms with Crippen molar-refractivity contribution in [3.8, 4) is 17.5 Å². The monoisotopic (exact) mass is 495 g/mol. The van der Waals surface area contributed by atoms with Crippen molar-refractivity contribution < 1.29 is 4.74 Å². The molecule has 1 saturated heterocycles. The number of rotatable bonds is 9. The Morgan fingerprint density at radius 2 is 1.73 bits per heavy atom. The van der Waals surface area contributed by atoms with E-state index < -0.39 is 0 Å². The molecule has 1 N–H and O–H groups in total. The number of nitrogens with one attached hydrogen (secondary N) is 1. The lowest BCUT2D eigenvalue weighted by Crippen LogP contribution is -2.46. The topological polar surface area (TPSA) is 77.3 Å². The summed E-state index contributed by atoms with van der Waals surface area (Å²) in [5.41, 5.74) is 5.09. The van der Waals surface area contributed by atoms with Crippen molar-refractivity contribution in [1.29, 1.82) is 5.26 Å². The van der Waals surface area contributed by atoms with E-state index in [2.05, 4.69) is 39.2 Å². The lowest BCUT2D eigenvalue weighted by atomic mass is 10.0. The first-order valence-corrected chi connectivity index (χ1v) is 13.0. The molecule has 190 valence electrons. The van der Waals surface area contributed by atoms with Crippen LogP contribution >= 0.6 is 0 Å². The van der Waals surface area contributed by atoms with Crippen LogP contribution in [-0.2, 0) is 6.42 Å². The molecule has 2 aromatic heterocycles. The molecule has 0 unspecified atom stereocenters. The number of ether oxygens (including phenoxy) is 1. The van der Waals surface area contributed by atoms with E-state index in [0.717, 1.165) is 62.3 Å². The SMILES string of the molecule is COc1ccn(-c2ccc(N3CCN(CCCCCc4c[nH]c5ccc(C#N)cc45)CC3)cc2)c(=O)c1. The van der Waals surface area contributed by atoms with Gasteiger partial charge in [-0.15, -0.1) is 0 Å². The Labute approximate surface area is 217 Å². The number of hydrogen-bond donors (Lipinski definition) is 1. The lowest BCUT2D eigenvalue weighted by molar-refractivity contribution is 0.252. The number of aromatic amines is 1. The Morgan fingerprint density at radius 3 is 2.46 bits per heavy atom. The van der Waals surface area contributed by atoms with E-state index in [0.29, 0.717) is 5.75 Å². The Hall–Kier alpha value is -4.02. The summed E-state index contributed by atoms with van der Waals surface area (Å²) >= 11 is 0. The van der Waals surface area contributed by atoms with Gasteiger partial charge in [0.2, 0.25) is 0 Å². The van der Waals surface area contributed by atoms with Crippen LogP contribution in [0.4, 0.5) is 5.69 Å². The van der Waals surface area contributed by atoms with Crippen molar-refractivity contribution in [3.63, 3.8) is 0 Å². The van der Waals surface area contributed by atoms with Gasteiger partial charge in [0.25, 0.3) is 5.56 Å². The average Bonchev–Trinajstić information content (AvgIpc) is 3.35. The minimum absolute atomic E-state index is 0.102. The molecular formula is C30H33N5O2. The van der Waals surface area contributed by atoms with E-state index >= 15 is 0 Å². The standard InChI is InChI=1S/C30H33N5O2/c1-37-27-12-14-35(30(36)20-27)26-9-7-25(8-10-26)34-17-15-33(16-18-34)13-4-2-3-5-24-22-32-29-11-6-23(21-31)19-28(24)29/h6-12,14,19-20,22,32H,2-5,13,15-18H2,1H3. The molecule has 0 atom stereocenters. The van der Waals surface area contributed by atoms with Crippen LogP contribution in [0, 0.1) is 11.3 Å². The fourth-order valence-corrected chi connectivity index (χ4v) is 5.14. The van der Waals surface area contributed by atoms with Crippen LogP contribution in [0.15, 0.2) is 71.8 Å². The predicted molar refractivity (Wildman–Crippen MR) is 148 cm³/mol. The molecule has 5 rings (SSSR count). The van der Waals surface area contributed by atoms with Crippen LogP contribution in [0.3, 0.4) is 0 Å². The molecule has 0 aliphatic carbocycles. The molecule has 0 bridgehead atoms. The Bertz CT molecular complexity index is 1440. The number of benzene rings is 2. The Balaban J connectivity index is 1.05. The van der Waals surface area contributed by atoms with Gasteiger partial charge in [-0.1, -0.05) is 6.42 Å². The van der Waals surface area contributed by atoms with Crippen molar-refractivity contribution in [2.75, 3.05) is 44.7 Å². The van der Waals surface area contributed by atoms with Gasteiger partial charge in [-0.2, -0.15) is 5.26 Å². The maximum atomic E-state index is 12.3. The number of H-pyrrole nitrogens is 1. The second-order valence-corrected chi connectivity index (χ2v) is 9.62. The Kier molecular flexibility index (Phi) is 7.57. The summed E-state index contributed by atoms with van der Waals surface area (Å²) in [4.78, 5) is 20.6. The number of aromatic nitrogens is 2. The molecule has 7 nitrogen and oxygen atoms in total. The number of anilines is 1. The summed E-state index contributed by atoms with van der Waals surface area (Å²) in [6.07, 6.45) is 8.45. The average molecular weight is 496 g/mol. The summed E-state index contributed by atoms with van der Waals surface area (Å²) in [6, 6.07) is 19.6. The van der Waals surface area contributed by atoms with E-state index in [-0.39, 0.29) is 5.56 Å². The maximum absolute atomic E-state index is 12.3. The minimum atomic E-state index is -0.102. The van der Waals surface area contributed by atoms with Gasteiger partial charge >= 0.3 is 0 Å². The van der Waals surface area contributed by atoms with E-state index in [4.69, 9.17) is 4.74 Å². The molecule has 3 heterocycles. The number of fused-ring (bicyclic) bond motifs is 1. The minimum Gasteiger partial charge on any atom is -0.497 e. The van der Waals surface area contributed by atoms with Gasteiger partial charge in [0.05, 0.1) is 18.7 Å². The van der Waals surface area contributed by atoms with Crippen LogP contribution in [0.5, 0.6) is 5.75 Å². The van der Waals surface area contributed by atoms with Crippen LogP contribution in [0.25, 0.3) is 16.6 Å². The van der Waals surface area contributed by atoms with Crippen molar-refractivity contribution in [1.82, 2.24) is 14.5 Å². The quantitative estimate of drug-likeness (QED) is 0.340. The van der Waals surface area contributed by atoms with E-state index in [1.165, 1.54) is 35.5 Å². The number of methoxy groups -OCH3 is 1. The van der Waals surface area contributed by atoms with Crippen molar-refractivity contribution in [3.05, 3.63) is 88.5 Å². The molecule has 1 aliphatic heterocycles. The number of hydrogen-bond acceptors (Lipinski definition) is 5. The van der Waals surface area contributed by atoms with Gasteiger partial charge in [0, 0.05) is 66.9 Å². The predicted octanol–water partition coefficient (Wildman–Crippen LogP) is 4.73. The number of nitriles is 1. The summed E-state index contributed by atoms with van der Waals surface area (Å²) in [6.45, 7) is 5.30. The second kappa shape index (κ2) is 11.4. The summed E-state index contributed by atoms with van der Waals surface area (Å²) < 4.78 is 6.76. The highest BCUT2D eigenvalue weighted by atomic mass is 16.5. The van der Waals surface area contributed by atoms with Crippen molar-refractivity contribution in [2.24, 2.45) is 0 Å². The highest BCUT2D eigenvalue weighted by Gasteiger charge is 2.17. The first-order valence-electron chi connectivity index (χ1n) is 13.0. The molecule has 7 heteroatoms. The van der Waals surface area contributed by atoms with Crippen LogP contribution in [-0.4, -0.2) is 54.3 Å². The zero-order chi connectivity index (χ0) is 25.6. The van der Waals surface area contributed by atoms with Crippen LogP contribution < -0.4 is 15.2 Å². The summed E-state index contributed by atoms with van der Waals surface area (Å²) in [5.74, 6) is 0.570. The normalized spacial score (nSPS) is 14.1. The van der Waals surface area contributed by atoms with Crippen LogP contribution in [0.1, 0.15) is 30.4 Å². The number of nitrogens with zero attached hydrogens (tertiary/aromatic N) is 4. The zero-order valence-electron chi connectivity index (χ0n) is 21.3. The molecule has 1 aliphatic rings. The molecule has 37 heavy (non-hydrogen) atoms. The van der Waals surface area contributed by atoms with Crippen molar-refractivity contribution >= 4 is 16.6 Å².